The van der Waals surface area contributed by atoms with Gasteiger partial charge in [0.15, 0.2) is 0 Å². The van der Waals surface area contributed by atoms with Gasteiger partial charge in [0.05, 0.1) is 11.6 Å². The molecule has 0 atom stereocenters. The first-order valence-electron chi connectivity index (χ1n) is 6.24. The minimum Gasteiger partial charge on any atom is -0.264 e. The second-order valence-corrected chi connectivity index (χ2v) is 4.60. The third-order valence-electron chi connectivity index (χ3n) is 3.06. The van der Waals surface area contributed by atoms with E-state index in [9.17, 15) is 0 Å². The standard InChI is InChI=1S/C16H12ClN3/c17-8-16-15(13-4-2-6-19-10-13)7-14(11-20-16)12-3-1-5-18-9-12/h1-7,9-11H,8H2. The van der Waals surface area contributed by atoms with Crippen LogP contribution in [0.4, 0.5) is 0 Å². The monoisotopic (exact) mass is 281 g/mol. The van der Waals surface area contributed by atoms with E-state index in [1.807, 2.05) is 42.9 Å². The molecule has 3 aromatic rings. The van der Waals surface area contributed by atoms with E-state index in [1.165, 1.54) is 0 Å². The van der Waals surface area contributed by atoms with E-state index in [2.05, 4.69) is 21.0 Å². The number of alkyl halides is 1. The molecule has 0 spiro atoms. The molecule has 0 fully saturated rings. The highest BCUT2D eigenvalue weighted by Crippen LogP contribution is 2.28. The molecule has 0 bridgehead atoms. The Kier molecular flexibility index (Phi) is 3.70. The van der Waals surface area contributed by atoms with Crippen LogP contribution in [0, 0.1) is 0 Å². The number of rotatable bonds is 3. The fourth-order valence-electron chi connectivity index (χ4n) is 2.06. The first kappa shape index (κ1) is 12.8. The van der Waals surface area contributed by atoms with Crippen molar-refractivity contribution in [2.24, 2.45) is 0 Å². The maximum Gasteiger partial charge on any atom is 0.0653 e. The second-order valence-electron chi connectivity index (χ2n) is 4.34. The zero-order valence-electron chi connectivity index (χ0n) is 10.7. The molecule has 3 heterocycles. The second kappa shape index (κ2) is 5.80. The minimum atomic E-state index is 0.373. The zero-order valence-corrected chi connectivity index (χ0v) is 11.5. The molecular formula is C16H12ClN3. The summed E-state index contributed by atoms with van der Waals surface area (Å²) in [7, 11) is 0. The molecule has 4 heteroatoms. The van der Waals surface area contributed by atoms with Gasteiger partial charge in [-0.3, -0.25) is 15.0 Å². The highest BCUT2D eigenvalue weighted by molar-refractivity contribution is 6.17. The van der Waals surface area contributed by atoms with Crippen molar-refractivity contribution in [3.63, 3.8) is 0 Å². The summed E-state index contributed by atoms with van der Waals surface area (Å²) in [5, 5.41) is 0. The Morgan fingerprint density at radius 3 is 2.15 bits per heavy atom. The lowest BCUT2D eigenvalue weighted by Gasteiger charge is -2.09. The van der Waals surface area contributed by atoms with Gasteiger partial charge in [-0.25, -0.2) is 0 Å². The molecular weight excluding hydrogens is 270 g/mol. The predicted octanol–water partition coefficient (Wildman–Crippen LogP) is 3.94. The third kappa shape index (κ3) is 2.53. The van der Waals surface area contributed by atoms with Gasteiger partial charge in [0, 0.05) is 53.2 Å². The maximum atomic E-state index is 5.99. The van der Waals surface area contributed by atoms with E-state index in [4.69, 9.17) is 11.6 Å². The van der Waals surface area contributed by atoms with Crippen molar-refractivity contribution < 1.29 is 0 Å². The summed E-state index contributed by atoms with van der Waals surface area (Å²) in [6, 6.07) is 9.92. The number of hydrogen-bond donors (Lipinski definition) is 0. The van der Waals surface area contributed by atoms with E-state index in [1.54, 1.807) is 12.4 Å². The molecule has 0 amide bonds. The van der Waals surface area contributed by atoms with Gasteiger partial charge in [-0.15, -0.1) is 11.6 Å². The Bertz CT molecular complexity index is 699. The zero-order chi connectivity index (χ0) is 13.8. The van der Waals surface area contributed by atoms with E-state index in [-0.39, 0.29) is 0 Å². The topological polar surface area (TPSA) is 38.7 Å². The lowest BCUT2D eigenvalue weighted by atomic mass is 10.0. The van der Waals surface area contributed by atoms with Crippen LogP contribution >= 0.6 is 11.6 Å². The van der Waals surface area contributed by atoms with Crippen LogP contribution in [0.25, 0.3) is 22.3 Å². The highest BCUT2D eigenvalue weighted by atomic mass is 35.5. The minimum absolute atomic E-state index is 0.373. The van der Waals surface area contributed by atoms with Crippen molar-refractivity contribution in [1.29, 1.82) is 0 Å². The van der Waals surface area contributed by atoms with Gasteiger partial charge in [-0.2, -0.15) is 0 Å². The van der Waals surface area contributed by atoms with Crippen molar-refractivity contribution in [2.75, 3.05) is 0 Å². The Balaban J connectivity index is 2.13. The molecule has 0 saturated carbocycles. The average Bonchev–Trinajstić information content (AvgIpc) is 2.56. The van der Waals surface area contributed by atoms with Crippen molar-refractivity contribution in [2.45, 2.75) is 5.88 Å². The number of aromatic nitrogens is 3. The Morgan fingerprint density at radius 1 is 0.850 bits per heavy atom. The summed E-state index contributed by atoms with van der Waals surface area (Å²) in [5.41, 5.74) is 4.93. The maximum absolute atomic E-state index is 5.99. The van der Waals surface area contributed by atoms with E-state index < -0.39 is 0 Å². The Morgan fingerprint density at radius 2 is 1.55 bits per heavy atom. The molecule has 3 nitrogen and oxygen atoms in total. The first-order chi connectivity index (χ1) is 9.88. The molecule has 0 aliphatic rings. The number of hydrogen-bond acceptors (Lipinski definition) is 3. The summed E-state index contributed by atoms with van der Waals surface area (Å²) in [5.74, 6) is 0.373. The lowest BCUT2D eigenvalue weighted by Crippen LogP contribution is -1.93. The average molecular weight is 282 g/mol. The molecule has 20 heavy (non-hydrogen) atoms. The number of halogens is 1. The van der Waals surface area contributed by atoms with Crippen molar-refractivity contribution in [1.82, 2.24) is 15.0 Å². The Labute approximate surface area is 122 Å². The van der Waals surface area contributed by atoms with Crippen LogP contribution in [0.2, 0.25) is 0 Å². The van der Waals surface area contributed by atoms with Gasteiger partial charge >= 0.3 is 0 Å². The first-order valence-corrected chi connectivity index (χ1v) is 6.77. The van der Waals surface area contributed by atoms with Crippen molar-refractivity contribution in [3.05, 3.63) is 67.0 Å². The largest absolute Gasteiger partial charge is 0.264 e. The Hall–Kier alpha value is -2.26. The van der Waals surface area contributed by atoms with E-state index in [0.717, 1.165) is 27.9 Å². The van der Waals surface area contributed by atoms with Crippen LogP contribution < -0.4 is 0 Å². The van der Waals surface area contributed by atoms with Crippen molar-refractivity contribution in [3.8, 4) is 22.3 Å². The summed E-state index contributed by atoms with van der Waals surface area (Å²) in [6.07, 6.45) is 8.98. The number of nitrogens with zero attached hydrogens (tertiary/aromatic N) is 3. The van der Waals surface area contributed by atoms with Crippen LogP contribution in [-0.4, -0.2) is 15.0 Å². The van der Waals surface area contributed by atoms with Gasteiger partial charge in [-0.1, -0.05) is 12.1 Å². The molecule has 0 radical (unpaired) electrons. The molecule has 0 aromatic carbocycles. The molecule has 0 saturated heterocycles. The molecule has 0 unspecified atom stereocenters. The number of pyridine rings is 3. The molecule has 0 N–H and O–H groups in total. The highest BCUT2D eigenvalue weighted by Gasteiger charge is 2.08. The van der Waals surface area contributed by atoms with Crippen LogP contribution in [0.5, 0.6) is 0 Å². The summed E-state index contributed by atoms with van der Waals surface area (Å²) in [6.45, 7) is 0. The normalized spacial score (nSPS) is 10.4. The van der Waals surface area contributed by atoms with Crippen LogP contribution in [-0.2, 0) is 5.88 Å². The fourth-order valence-corrected chi connectivity index (χ4v) is 2.28. The summed E-state index contributed by atoms with van der Waals surface area (Å²) >= 11 is 5.99. The smallest absolute Gasteiger partial charge is 0.0653 e. The predicted molar refractivity (Wildman–Crippen MR) is 80.3 cm³/mol. The summed E-state index contributed by atoms with van der Waals surface area (Å²) in [4.78, 5) is 12.8. The van der Waals surface area contributed by atoms with Crippen LogP contribution in [0.1, 0.15) is 5.69 Å². The van der Waals surface area contributed by atoms with Gasteiger partial charge in [0.1, 0.15) is 0 Å². The SMILES string of the molecule is ClCc1ncc(-c2cccnc2)cc1-c1cccnc1. The van der Waals surface area contributed by atoms with Gasteiger partial charge in [-0.05, 0) is 18.2 Å². The molecule has 3 aromatic heterocycles. The quantitative estimate of drug-likeness (QED) is 0.683. The van der Waals surface area contributed by atoms with Crippen molar-refractivity contribution >= 4 is 11.6 Å². The third-order valence-corrected chi connectivity index (χ3v) is 3.32. The van der Waals surface area contributed by atoms with E-state index >= 15 is 0 Å². The van der Waals surface area contributed by atoms with Gasteiger partial charge in [0.25, 0.3) is 0 Å². The lowest BCUT2D eigenvalue weighted by molar-refractivity contribution is 1.17. The fraction of sp³-hybridized carbons (Fsp3) is 0.0625. The van der Waals surface area contributed by atoms with Crippen LogP contribution in [0.15, 0.2) is 61.3 Å². The molecule has 0 aliphatic carbocycles. The molecule has 0 aliphatic heterocycles. The van der Waals surface area contributed by atoms with Crippen LogP contribution in [0.3, 0.4) is 0 Å². The molecule has 3 rings (SSSR count). The van der Waals surface area contributed by atoms with Gasteiger partial charge in [0.2, 0.25) is 0 Å². The van der Waals surface area contributed by atoms with Gasteiger partial charge < -0.3 is 0 Å². The van der Waals surface area contributed by atoms with E-state index in [0.29, 0.717) is 5.88 Å². The molecule has 98 valence electrons. The summed E-state index contributed by atoms with van der Waals surface area (Å²) < 4.78 is 0.